The molecule has 20 heavy (non-hydrogen) atoms. The zero-order chi connectivity index (χ0) is 14.1. The van der Waals surface area contributed by atoms with E-state index in [0.717, 1.165) is 20.6 Å². The fourth-order valence-electron chi connectivity index (χ4n) is 2.38. The van der Waals surface area contributed by atoms with Gasteiger partial charge in [0.15, 0.2) is 0 Å². The maximum absolute atomic E-state index is 11.8. The number of hydrogen-bond donors (Lipinski definition) is 1. The van der Waals surface area contributed by atoms with Crippen LogP contribution in [0.5, 0.6) is 0 Å². The molecular formula is C16H15IN2O. The van der Waals surface area contributed by atoms with Crippen LogP contribution in [0.15, 0.2) is 42.5 Å². The van der Waals surface area contributed by atoms with Crippen molar-refractivity contribution in [2.24, 2.45) is 0 Å². The summed E-state index contributed by atoms with van der Waals surface area (Å²) in [5, 5.41) is 2.99. The number of carbonyl (C=O) groups is 1. The third kappa shape index (κ3) is 2.65. The third-order valence-electron chi connectivity index (χ3n) is 3.43. The molecule has 1 heterocycles. The smallest absolute Gasteiger partial charge is 0.226 e. The Bertz CT molecular complexity index is 652. The summed E-state index contributed by atoms with van der Waals surface area (Å²) in [4.78, 5) is 14.0. The highest BCUT2D eigenvalue weighted by Gasteiger charge is 2.20. The predicted octanol–water partition coefficient (Wildman–Crippen LogP) is 4.08. The molecule has 4 heteroatoms. The number of hydrogen-bond acceptors (Lipinski definition) is 2. The molecule has 1 N–H and O–H groups in total. The Balaban J connectivity index is 2.08. The van der Waals surface area contributed by atoms with E-state index in [0.29, 0.717) is 13.0 Å². The Morgan fingerprint density at radius 1 is 1.15 bits per heavy atom. The van der Waals surface area contributed by atoms with Gasteiger partial charge in [0.1, 0.15) is 0 Å². The van der Waals surface area contributed by atoms with E-state index in [2.05, 4.69) is 76.1 Å². The first-order chi connectivity index (χ1) is 9.63. The van der Waals surface area contributed by atoms with Crippen LogP contribution >= 0.6 is 22.6 Å². The lowest BCUT2D eigenvalue weighted by atomic mass is 10.2. The largest absolute Gasteiger partial charge is 0.339 e. The van der Waals surface area contributed by atoms with Gasteiger partial charge in [-0.1, -0.05) is 17.7 Å². The van der Waals surface area contributed by atoms with Crippen molar-refractivity contribution in [3.8, 4) is 0 Å². The number of nitrogens with one attached hydrogen (secondary N) is 1. The van der Waals surface area contributed by atoms with Gasteiger partial charge in [-0.2, -0.15) is 0 Å². The second-order valence-electron chi connectivity index (χ2n) is 4.95. The van der Waals surface area contributed by atoms with Crippen molar-refractivity contribution in [3.05, 3.63) is 51.6 Å². The standard InChI is InChI=1S/C16H15IN2O/c1-11-2-5-13(6-3-11)19-9-8-16(20)18-14-10-12(17)4-7-15(14)19/h2-7,10H,8-9H2,1H3,(H,18,20). The number of benzene rings is 2. The maximum atomic E-state index is 11.8. The Hall–Kier alpha value is -1.56. The Labute approximate surface area is 132 Å². The summed E-state index contributed by atoms with van der Waals surface area (Å²) in [5.41, 5.74) is 4.30. The lowest BCUT2D eigenvalue weighted by Crippen LogP contribution is -2.18. The zero-order valence-corrected chi connectivity index (χ0v) is 13.3. The van der Waals surface area contributed by atoms with Gasteiger partial charge in [-0.15, -0.1) is 0 Å². The molecule has 2 aromatic rings. The molecule has 2 aromatic carbocycles. The first kappa shape index (κ1) is 13.4. The van der Waals surface area contributed by atoms with Crippen LogP contribution < -0.4 is 10.2 Å². The topological polar surface area (TPSA) is 32.3 Å². The van der Waals surface area contributed by atoms with Gasteiger partial charge in [0, 0.05) is 22.2 Å². The summed E-state index contributed by atoms with van der Waals surface area (Å²) in [5.74, 6) is 0.0721. The molecule has 3 nitrogen and oxygen atoms in total. The summed E-state index contributed by atoms with van der Waals surface area (Å²) in [6.07, 6.45) is 0.499. The van der Waals surface area contributed by atoms with E-state index >= 15 is 0 Å². The molecule has 3 rings (SSSR count). The minimum Gasteiger partial charge on any atom is -0.339 e. The molecule has 0 saturated carbocycles. The van der Waals surface area contributed by atoms with Gasteiger partial charge < -0.3 is 10.2 Å². The number of anilines is 3. The van der Waals surface area contributed by atoms with Gasteiger partial charge >= 0.3 is 0 Å². The molecule has 0 radical (unpaired) electrons. The van der Waals surface area contributed by atoms with Crippen LogP contribution in [0.4, 0.5) is 17.1 Å². The van der Waals surface area contributed by atoms with Gasteiger partial charge in [-0.05, 0) is 59.8 Å². The van der Waals surface area contributed by atoms with E-state index in [1.165, 1.54) is 5.56 Å². The predicted molar refractivity (Wildman–Crippen MR) is 90.6 cm³/mol. The zero-order valence-electron chi connectivity index (χ0n) is 11.2. The minimum absolute atomic E-state index is 0.0721. The SMILES string of the molecule is Cc1ccc(N2CCC(=O)Nc3cc(I)ccc32)cc1. The van der Waals surface area contributed by atoms with Crippen molar-refractivity contribution in [2.45, 2.75) is 13.3 Å². The molecule has 102 valence electrons. The summed E-state index contributed by atoms with van der Waals surface area (Å²) in [6.45, 7) is 2.77. The number of fused-ring (bicyclic) bond motifs is 1. The van der Waals surface area contributed by atoms with E-state index in [9.17, 15) is 4.79 Å². The monoisotopic (exact) mass is 378 g/mol. The highest BCUT2D eigenvalue weighted by molar-refractivity contribution is 14.1. The summed E-state index contributed by atoms with van der Waals surface area (Å²) in [6, 6.07) is 14.6. The van der Waals surface area contributed by atoms with Crippen LogP contribution in [0.2, 0.25) is 0 Å². The van der Waals surface area contributed by atoms with Gasteiger partial charge in [0.2, 0.25) is 5.91 Å². The maximum Gasteiger partial charge on any atom is 0.226 e. The van der Waals surface area contributed by atoms with Crippen molar-refractivity contribution in [1.82, 2.24) is 0 Å². The molecule has 0 aromatic heterocycles. The first-order valence-electron chi connectivity index (χ1n) is 6.57. The minimum atomic E-state index is 0.0721. The number of amides is 1. The molecular weight excluding hydrogens is 363 g/mol. The van der Waals surface area contributed by atoms with Crippen LogP contribution in [0.1, 0.15) is 12.0 Å². The van der Waals surface area contributed by atoms with Crippen LogP contribution in [-0.2, 0) is 4.79 Å². The summed E-state index contributed by atoms with van der Waals surface area (Å²) < 4.78 is 1.12. The van der Waals surface area contributed by atoms with E-state index in [-0.39, 0.29) is 5.91 Å². The number of nitrogens with zero attached hydrogens (tertiary/aromatic N) is 1. The van der Waals surface area contributed by atoms with Crippen molar-refractivity contribution in [2.75, 3.05) is 16.8 Å². The van der Waals surface area contributed by atoms with E-state index < -0.39 is 0 Å². The van der Waals surface area contributed by atoms with Gasteiger partial charge in [0.25, 0.3) is 0 Å². The third-order valence-corrected chi connectivity index (χ3v) is 4.10. The molecule has 1 aliphatic heterocycles. The summed E-state index contributed by atoms with van der Waals surface area (Å²) >= 11 is 2.26. The van der Waals surface area contributed by atoms with Crippen LogP contribution in [0.3, 0.4) is 0 Å². The van der Waals surface area contributed by atoms with Crippen molar-refractivity contribution >= 4 is 45.6 Å². The molecule has 0 aliphatic carbocycles. The average Bonchev–Trinajstić information content (AvgIpc) is 2.58. The second kappa shape index (κ2) is 5.44. The van der Waals surface area contributed by atoms with Gasteiger partial charge in [-0.25, -0.2) is 0 Å². The molecule has 0 spiro atoms. The molecule has 0 fully saturated rings. The molecule has 1 amide bonds. The highest BCUT2D eigenvalue weighted by atomic mass is 127. The number of aryl methyl sites for hydroxylation is 1. The quantitative estimate of drug-likeness (QED) is 0.759. The lowest BCUT2D eigenvalue weighted by molar-refractivity contribution is -0.115. The van der Waals surface area contributed by atoms with Crippen molar-refractivity contribution < 1.29 is 4.79 Å². The van der Waals surface area contributed by atoms with Crippen LogP contribution in [0.25, 0.3) is 0 Å². The molecule has 0 atom stereocenters. The fraction of sp³-hybridized carbons (Fsp3) is 0.188. The molecule has 0 saturated heterocycles. The van der Waals surface area contributed by atoms with Crippen molar-refractivity contribution in [3.63, 3.8) is 0 Å². The Kier molecular flexibility index (Phi) is 3.65. The average molecular weight is 378 g/mol. The molecule has 0 unspecified atom stereocenters. The van der Waals surface area contributed by atoms with Gasteiger partial charge in [0.05, 0.1) is 11.4 Å². The number of rotatable bonds is 1. The van der Waals surface area contributed by atoms with Crippen LogP contribution in [0, 0.1) is 10.5 Å². The fourth-order valence-corrected chi connectivity index (χ4v) is 2.87. The summed E-state index contributed by atoms with van der Waals surface area (Å²) in [7, 11) is 0. The van der Waals surface area contributed by atoms with Gasteiger partial charge in [-0.3, -0.25) is 4.79 Å². The highest BCUT2D eigenvalue weighted by Crippen LogP contribution is 2.35. The first-order valence-corrected chi connectivity index (χ1v) is 7.65. The molecule has 0 bridgehead atoms. The van der Waals surface area contributed by atoms with E-state index in [1.807, 2.05) is 6.07 Å². The Morgan fingerprint density at radius 2 is 1.90 bits per heavy atom. The van der Waals surface area contributed by atoms with Crippen LogP contribution in [-0.4, -0.2) is 12.5 Å². The van der Waals surface area contributed by atoms with E-state index in [4.69, 9.17) is 0 Å². The number of halogens is 1. The van der Waals surface area contributed by atoms with Crippen molar-refractivity contribution in [1.29, 1.82) is 0 Å². The normalized spacial score (nSPS) is 14.5. The second-order valence-corrected chi connectivity index (χ2v) is 6.19. The Morgan fingerprint density at radius 3 is 2.65 bits per heavy atom. The number of carbonyl (C=O) groups excluding carboxylic acids is 1. The molecule has 1 aliphatic rings. The van der Waals surface area contributed by atoms with E-state index in [1.54, 1.807) is 0 Å². The lowest BCUT2D eigenvalue weighted by Gasteiger charge is -2.24.